The smallest absolute Gasteiger partial charge is 0.353 e. The summed E-state index contributed by atoms with van der Waals surface area (Å²) >= 11 is 0. The molecule has 12 heteroatoms. The van der Waals surface area contributed by atoms with Gasteiger partial charge in [-0.25, -0.2) is 14.3 Å². The highest BCUT2D eigenvalue weighted by Crippen LogP contribution is 2.27. The molecule has 3 amide bonds. The number of nitrogens with zero attached hydrogens (tertiary/aromatic N) is 5. The summed E-state index contributed by atoms with van der Waals surface area (Å²) in [6.07, 6.45) is 2.88. The molecule has 2 aromatic heterocycles. The number of fused-ring (bicyclic) bond motifs is 1. The van der Waals surface area contributed by atoms with Crippen molar-refractivity contribution in [2.75, 3.05) is 13.1 Å². The molecule has 0 atom stereocenters. The van der Waals surface area contributed by atoms with Crippen molar-refractivity contribution in [1.29, 1.82) is 0 Å². The van der Waals surface area contributed by atoms with Crippen LogP contribution >= 0.6 is 0 Å². The van der Waals surface area contributed by atoms with E-state index in [0.717, 1.165) is 30.2 Å². The molecule has 0 spiro atoms. The first kappa shape index (κ1) is 25.2. The lowest BCUT2D eigenvalue weighted by Gasteiger charge is -2.34. The van der Waals surface area contributed by atoms with Gasteiger partial charge < -0.3 is 15.5 Å². The van der Waals surface area contributed by atoms with Gasteiger partial charge in [0.25, 0.3) is 11.6 Å². The van der Waals surface area contributed by atoms with E-state index in [-0.39, 0.29) is 36.2 Å². The zero-order valence-electron chi connectivity index (χ0n) is 20.1. The van der Waals surface area contributed by atoms with Crippen molar-refractivity contribution in [3.8, 4) is 0 Å². The van der Waals surface area contributed by atoms with Gasteiger partial charge in [-0.1, -0.05) is 19.3 Å². The fourth-order valence-electron chi connectivity index (χ4n) is 4.97. The lowest BCUT2D eigenvalue weighted by molar-refractivity contribution is -0.144. The van der Waals surface area contributed by atoms with Crippen LogP contribution in [-0.4, -0.2) is 61.6 Å². The predicted octanol–water partition coefficient (Wildman–Crippen LogP) is 3.32. The Balaban J connectivity index is 1.27. The number of carbonyl (C=O) groups excluding carboxylic acids is 2. The summed E-state index contributed by atoms with van der Waals surface area (Å²) < 4.78 is 40.0. The molecule has 2 fully saturated rings. The highest BCUT2D eigenvalue weighted by Gasteiger charge is 2.37. The summed E-state index contributed by atoms with van der Waals surface area (Å²) in [4.78, 5) is 34.5. The Morgan fingerprint density at radius 3 is 2.29 bits per heavy atom. The van der Waals surface area contributed by atoms with E-state index in [1.54, 1.807) is 13.8 Å². The first-order chi connectivity index (χ1) is 16.6. The maximum atomic E-state index is 13.0. The maximum Gasteiger partial charge on any atom is 0.453 e. The van der Waals surface area contributed by atoms with E-state index in [9.17, 15) is 22.8 Å². The standard InChI is InChI=1S/C23H32F3N7O2/c1-14-18(15(2)33-21(27-14)30-20(31-33)23(24,25)26)8-9-19(34)28-17-10-12-32(13-11-17)22(35)29-16-6-4-3-5-7-16/h16-17H,3-13H2,1-2H3,(H,28,34)(H,29,35). The topological polar surface area (TPSA) is 105 Å². The molecule has 1 saturated heterocycles. The van der Waals surface area contributed by atoms with Crippen LogP contribution in [0, 0.1) is 13.8 Å². The molecule has 1 aliphatic heterocycles. The van der Waals surface area contributed by atoms with Crippen molar-refractivity contribution >= 4 is 17.7 Å². The number of carbonyl (C=O) groups is 2. The van der Waals surface area contributed by atoms with Gasteiger partial charge in [-0.2, -0.15) is 18.2 Å². The van der Waals surface area contributed by atoms with Gasteiger partial charge in [-0.05, 0) is 51.5 Å². The van der Waals surface area contributed by atoms with Gasteiger partial charge in [0.1, 0.15) is 0 Å². The van der Waals surface area contributed by atoms with Crippen molar-refractivity contribution in [2.24, 2.45) is 0 Å². The van der Waals surface area contributed by atoms with Crippen LogP contribution in [-0.2, 0) is 17.4 Å². The van der Waals surface area contributed by atoms with Crippen molar-refractivity contribution in [1.82, 2.24) is 35.1 Å². The van der Waals surface area contributed by atoms with Crippen LogP contribution in [0.2, 0.25) is 0 Å². The molecule has 0 radical (unpaired) electrons. The second-order valence-corrected chi connectivity index (χ2v) is 9.52. The van der Waals surface area contributed by atoms with E-state index in [2.05, 4.69) is 25.7 Å². The van der Waals surface area contributed by atoms with Crippen molar-refractivity contribution in [3.63, 3.8) is 0 Å². The Morgan fingerprint density at radius 1 is 0.971 bits per heavy atom. The molecule has 192 valence electrons. The van der Waals surface area contributed by atoms with E-state index < -0.39 is 12.0 Å². The monoisotopic (exact) mass is 495 g/mol. The summed E-state index contributed by atoms with van der Waals surface area (Å²) in [6, 6.07) is 0.248. The predicted molar refractivity (Wildman–Crippen MR) is 122 cm³/mol. The Labute approximate surface area is 201 Å². The van der Waals surface area contributed by atoms with Crippen molar-refractivity contribution in [2.45, 2.75) is 89.9 Å². The second-order valence-electron chi connectivity index (χ2n) is 9.52. The second kappa shape index (κ2) is 10.4. The third-order valence-corrected chi connectivity index (χ3v) is 6.98. The summed E-state index contributed by atoms with van der Waals surface area (Å²) in [5, 5.41) is 9.71. The zero-order valence-corrected chi connectivity index (χ0v) is 20.1. The number of rotatable bonds is 5. The van der Waals surface area contributed by atoms with E-state index in [1.165, 1.54) is 6.42 Å². The molecule has 2 aromatic rings. The first-order valence-corrected chi connectivity index (χ1v) is 12.3. The summed E-state index contributed by atoms with van der Waals surface area (Å²) in [6.45, 7) is 4.53. The van der Waals surface area contributed by atoms with Crippen LogP contribution in [0.15, 0.2) is 0 Å². The number of aromatic nitrogens is 4. The van der Waals surface area contributed by atoms with Crippen LogP contribution in [0.3, 0.4) is 0 Å². The Hall–Kier alpha value is -2.92. The quantitative estimate of drug-likeness (QED) is 0.662. The fourth-order valence-corrected chi connectivity index (χ4v) is 4.97. The number of nitrogens with one attached hydrogen (secondary N) is 2. The van der Waals surface area contributed by atoms with Crippen molar-refractivity contribution in [3.05, 3.63) is 22.8 Å². The summed E-state index contributed by atoms with van der Waals surface area (Å²) in [7, 11) is 0. The Bertz CT molecular complexity index is 1070. The third-order valence-electron chi connectivity index (χ3n) is 6.98. The Kier molecular flexibility index (Phi) is 7.46. The molecule has 0 unspecified atom stereocenters. The number of hydrogen-bond acceptors (Lipinski definition) is 5. The first-order valence-electron chi connectivity index (χ1n) is 12.3. The normalized spacial score (nSPS) is 18.1. The molecular weight excluding hydrogens is 463 g/mol. The number of amides is 3. The average Bonchev–Trinajstić information content (AvgIpc) is 3.25. The number of urea groups is 1. The molecule has 1 saturated carbocycles. The van der Waals surface area contributed by atoms with Crippen molar-refractivity contribution < 1.29 is 22.8 Å². The van der Waals surface area contributed by atoms with Gasteiger partial charge >= 0.3 is 12.2 Å². The van der Waals surface area contributed by atoms with E-state index in [1.807, 2.05) is 4.90 Å². The molecule has 9 nitrogen and oxygen atoms in total. The van der Waals surface area contributed by atoms with Gasteiger partial charge in [-0.15, -0.1) is 5.10 Å². The Morgan fingerprint density at radius 2 is 1.63 bits per heavy atom. The maximum absolute atomic E-state index is 13.0. The van der Waals surface area contributed by atoms with E-state index in [4.69, 9.17) is 0 Å². The van der Waals surface area contributed by atoms with Crippen LogP contribution in [0.1, 0.15) is 74.1 Å². The molecule has 2 N–H and O–H groups in total. The van der Waals surface area contributed by atoms with Gasteiger partial charge in [0.15, 0.2) is 0 Å². The number of hydrogen-bond donors (Lipinski definition) is 2. The lowest BCUT2D eigenvalue weighted by Crippen LogP contribution is -2.51. The molecule has 35 heavy (non-hydrogen) atoms. The van der Waals surface area contributed by atoms with Gasteiger partial charge in [-0.3, -0.25) is 4.79 Å². The fraction of sp³-hybridized carbons (Fsp3) is 0.696. The van der Waals surface area contributed by atoms with Gasteiger partial charge in [0, 0.05) is 43.0 Å². The highest BCUT2D eigenvalue weighted by atomic mass is 19.4. The lowest BCUT2D eigenvalue weighted by atomic mass is 9.95. The SMILES string of the molecule is Cc1nc2nc(C(F)(F)F)nn2c(C)c1CCC(=O)NC1CCN(C(=O)NC2CCCCC2)CC1. The molecule has 3 heterocycles. The zero-order chi connectivity index (χ0) is 25.2. The summed E-state index contributed by atoms with van der Waals surface area (Å²) in [5.74, 6) is -1.48. The van der Waals surface area contributed by atoms with Crippen LogP contribution in [0.4, 0.5) is 18.0 Å². The van der Waals surface area contributed by atoms with E-state index in [0.29, 0.717) is 49.3 Å². The third kappa shape index (κ3) is 6.02. The minimum atomic E-state index is -4.65. The highest BCUT2D eigenvalue weighted by molar-refractivity contribution is 5.77. The minimum Gasteiger partial charge on any atom is -0.353 e. The molecule has 0 aromatic carbocycles. The van der Waals surface area contributed by atoms with Crippen LogP contribution < -0.4 is 10.6 Å². The van der Waals surface area contributed by atoms with E-state index >= 15 is 0 Å². The average molecular weight is 496 g/mol. The molecule has 0 bridgehead atoms. The molecular formula is C23H32F3N7O2. The van der Waals surface area contributed by atoms with Gasteiger partial charge in [0.2, 0.25) is 5.91 Å². The van der Waals surface area contributed by atoms with Crippen LogP contribution in [0.25, 0.3) is 5.78 Å². The molecule has 2 aliphatic rings. The molecule has 1 aliphatic carbocycles. The summed E-state index contributed by atoms with van der Waals surface area (Å²) in [5.41, 5.74) is 1.70. The largest absolute Gasteiger partial charge is 0.453 e. The minimum absolute atomic E-state index is 0.00584. The number of aryl methyl sites for hydroxylation is 2. The number of halogens is 3. The number of alkyl halides is 3. The molecule has 4 rings (SSSR count). The van der Waals surface area contributed by atoms with Crippen LogP contribution in [0.5, 0.6) is 0 Å². The number of piperidine rings is 1. The van der Waals surface area contributed by atoms with Gasteiger partial charge in [0.05, 0.1) is 0 Å². The number of likely N-dealkylation sites (tertiary alicyclic amines) is 1.